The van der Waals surface area contributed by atoms with Gasteiger partial charge in [0, 0.05) is 5.38 Å². The van der Waals surface area contributed by atoms with Crippen molar-refractivity contribution in [2.75, 3.05) is 0 Å². The third-order valence-electron chi connectivity index (χ3n) is 2.55. The second-order valence-electron chi connectivity index (χ2n) is 4.04. The minimum atomic E-state index is -4.50. The number of hydrogen-bond donors (Lipinski definition) is 0. The van der Waals surface area contributed by atoms with Crippen LogP contribution < -0.4 is 0 Å². The summed E-state index contributed by atoms with van der Waals surface area (Å²) in [6.07, 6.45) is 2.43. The highest BCUT2D eigenvalue weighted by Gasteiger charge is 2.26. The molecule has 0 aliphatic heterocycles. The van der Waals surface area contributed by atoms with E-state index in [1.54, 1.807) is 0 Å². The standard InChI is InChI=1S/C12H15ClF2O2S/c1-2-3-10(13)8-9-4-6-11(7-5-9)18(16,17)12(14)15/h4-7,10,12H,2-3,8H2,1H3. The fourth-order valence-corrected chi connectivity index (χ4v) is 2.71. The van der Waals surface area contributed by atoms with Crippen LogP contribution in [0, 0.1) is 0 Å². The van der Waals surface area contributed by atoms with E-state index in [0.717, 1.165) is 18.4 Å². The summed E-state index contributed by atoms with van der Waals surface area (Å²) in [5.41, 5.74) is 0.844. The highest BCUT2D eigenvalue weighted by atomic mass is 35.5. The molecule has 0 saturated carbocycles. The summed E-state index contributed by atoms with van der Waals surface area (Å²) < 4.78 is 47.0. The van der Waals surface area contributed by atoms with Crippen molar-refractivity contribution in [1.82, 2.24) is 0 Å². The monoisotopic (exact) mass is 296 g/mol. The summed E-state index contributed by atoms with van der Waals surface area (Å²) >= 11 is 6.06. The van der Waals surface area contributed by atoms with E-state index < -0.39 is 15.6 Å². The molecule has 1 aromatic rings. The van der Waals surface area contributed by atoms with Gasteiger partial charge in [0.05, 0.1) is 4.90 Å². The molecule has 6 heteroatoms. The third kappa shape index (κ3) is 3.92. The maximum atomic E-state index is 12.3. The summed E-state index contributed by atoms with van der Waals surface area (Å²) in [5.74, 6) is -3.38. The molecule has 0 spiro atoms. The minimum Gasteiger partial charge on any atom is -0.218 e. The van der Waals surface area contributed by atoms with Crippen molar-refractivity contribution in [2.45, 2.75) is 42.2 Å². The summed E-state index contributed by atoms with van der Waals surface area (Å²) in [6.45, 7) is 2.02. The fourth-order valence-electron chi connectivity index (χ4n) is 1.59. The molecule has 1 unspecified atom stereocenters. The van der Waals surface area contributed by atoms with E-state index in [9.17, 15) is 17.2 Å². The fraction of sp³-hybridized carbons (Fsp3) is 0.500. The molecule has 0 radical (unpaired) electrons. The minimum absolute atomic E-state index is 0.0208. The quantitative estimate of drug-likeness (QED) is 0.751. The highest BCUT2D eigenvalue weighted by molar-refractivity contribution is 7.91. The van der Waals surface area contributed by atoms with Crippen molar-refractivity contribution in [1.29, 1.82) is 0 Å². The molecule has 0 saturated heterocycles. The first-order valence-electron chi connectivity index (χ1n) is 5.63. The third-order valence-corrected chi connectivity index (χ3v) is 4.32. The smallest absolute Gasteiger partial charge is 0.218 e. The van der Waals surface area contributed by atoms with E-state index in [0.29, 0.717) is 6.42 Å². The number of rotatable bonds is 6. The number of alkyl halides is 3. The molecule has 18 heavy (non-hydrogen) atoms. The van der Waals surface area contributed by atoms with E-state index in [1.165, 1.54) is 24.3 Å². The maximum Gasteiger partial charge on any atom is 0.341 e. The van der Waals surface area contributed by atoms with Crippen LogP contribution in [0.4, 0.5) is 8.78 Å². The van der Waals surface area contributed by atoms with Crippen LogP contribution >= 0.6 is 11.6 Å². The van der Waals surface area contributed by atoms with Gasteiger partial charge in [-0.25, -0.2) is 8.42 Å². The highest BCUT2D eigenvalue weighted by Crippen LogP contribution is 2.20. The Hall–Kier alpha value is -0.680. The van der Waals surface area contributed by atoms with Crippen LogP contribution in [0.2, 0.25) is 0 Å². The van der Waals surface area contributed by atoms with Gasteiger partial charge in [-0.2, -0.15) is 8.78 Å². The summed E-state index contributed by atoms with van der Waals surface area (Å²) in [6, 6.07) is 5.46. The number of sulfone groups is 1. The molecule has 1 atom stereocenters. The first-order chi connectivity index (χ1) is 8.37. The van der Waals surface area contributed by atoms with Crippen molar-refractivity contribution < 1.29 is 17.2 Å². The molecule has 0 aliphatic rings. The lowest BCUT2D eigenvalue weighted by molar-refractivity contribution is 0.234. The first kappa shape index (κ1) is 15.4. The Morgan fingerprint density at radius 2 is 1.78 bits per heavy atom. The predicted molar refractivity (Wildman–Crippen MR) is 67.9 cm³/mol. The van der Waals surface area contributed by atoms with Gasteiger partial charge in [-0.1, -0.05) is 25.5 Å². The van der Waals surface area contributed by atoms with E-state index in [-0.39, 0.29) is 10.3 Å². The number of halogens is 3. The van der Waals surface area contributed by atoms with Crippen molar-refractivity contribution in [3.63, 3.8) is 0 Å². The Kier molecular flexibility index (Phi) is 5.53. The molecule has 0 heterocycles. The van der Waals surface area contributed by atoms with Gasteiger partial charge in [0.2, 0.25) is 9.84 Å². The molecule has 0 aromatic heterocycles. The van der Waals surface area contributed by atoms with Gasteiger partial charge in [0.15, 0.2) is 0 Å². The van der Waals surface area contributed by atoms with E-state index in [1.807, 2.05) is 6.92 Å². The normalized spacial score (nSPS) is 13.8. The van der Waals surface area contributed by atoms with Gasteiger partial charge in [-0.05, 0) is 30.5 Å². The van der Waals surface area contributed by atoms with E-state index in [4.69, 9.17) is 11.6 Å². The average molecular weight is 297 g/mol. The molecule has 1 aromatic carbocycles. The van der Waals surface area contributed by atoms with Crippen LogP contribution in [-0.4, -0.2) is 19.6 Å². The van der Waals surface area contributed by atoms with Crippen molar-refractivity contribution in [3.8, 4) is 0 Å². The first-order valence-corrected chi connectivity index (χ1v) is 7.61. The summed E-state index contributed by atoms with van der Waals surface area (Å²) in [7, 11) is -4.50. The molecule has 0 aliphatic carbocycles. The molecule has 0 fully saturated rings. The molecular formula is C12H15ClF2O2S. The van der Waals surface area contributed by atoms with Gasteiger partial charge in [0.25, 0.3) is 0 Å². The Morgan fingerprint density at radius 3 is 2.22 bits per heavy atom. The lowest BCUT2D eigenvalue weighted by Gasteiger charge is -2.09. The van der Waals surface area contributed by atoms with Gasteiger partial charge in [-0.3, -0.25) is 0 Å². The van der Waals surface area contributed by atoms with Crippen LogP contribution in [0.25, 0.3) is 0 Å². The van der Waals surface area contributed by atoms with Crippen LogP contribution in [0.15, 0.2) is 29.2 Å². The topological polar surface area (TPSA) is 34.1 Å². The number of benzene rings is 1. The molecule has 1 rings (SSSR count). The Bertz CT molecular complexity index is 471. The van der Waals surface area contributed by atoms with Crippen LogP contribution in [0.3, 0.4) is 0 Å². The number of hydrogen-bond acceptors (Lipinski definition) is 2. The zero-order valence-electron chi connectivity index (χ0n) is 9.94. The Morgan fingerprint density at radius 1 is 1.22 bits per heavy atom. The summed E-state index contributed by atoms with van der Waals surface area (Å²) in [4.78, 5) is -0.358. The lowest BCUT2D eigenvalue weighted by atomic mass is 10.1. The Labute approximate surface area is 111 Å². The van der Waals surface area contributed by atoms with Crippen LogP contribution in [-0.2, 0) is 16.3 Å². The molecule has 0 N–H and O–H groups in total. The molecule has 2 nitrogen and oxygen atoms in total. The maximum absolute atomic E-state index is 12.3. The molecular weight excluding hydrogens is 282 g/mol. The van der Waals surface area contributed by atoms with Crippen molar-refractivity contribution in [3.05, 3.63) is 29.8 Å². The van der Waals surface area contributed by atoms with Gasteiger partial charge in [0.1, 0.15) is 0 Å². The summed E-state index contributed by atoms with van der Waals surface area (Å²) in [5, 5.41) is -0.0208. The largest absolute Gasteiger partial charge is 0.341 e. The van der Waals surface area contributed by atoms with Crippen LogP contribution in [0.1, 0.15) is 25.3 Å². The second kappa shape index (κ2) is 6.48. The van der Waals surface area contributed by atoms with Gasteiger partial charge < -0.3 is 0 Å². The van der Waals surface area contributed by atoms with Crippen molar-refractivity contribution >= 4 is 21.4 Å². The molecule has 0 bridgehead atoms. The van der Waals surface area contributed by atoms with Gasteiger partial charge >= 0.3 is 5.76 Å². The SMILES string of the molecule is CCCC(Cl)Cc1ccc(S(=O)(=O)C(F)F)cc1. The van der Waals surface area contributed by atoms with E-state index in [2.05, 4.69) is 0 Å². The molecule has 0 amide bonds. The predicted octanol–water partition coefficient (Wildman–Crippen LogP) is 3.63. The second-order valence-corrected chi connectivity index (χ2v) is 6.57. The van der Waals surface area contributed by atoms with Crippen LogP contribution in [0.5, 0.6) is 0 Å². The lowest BCUT2D eigenvalue weighted by Crippen LogP contribution is -2.11. The average Bonchev–Trinajstić information content (AvgIpc) is 2.29. The van der Waals surface area contributed by atoms with Gasteiger partial charge in [-0.15, -0.1) is 11.6 Å². The van der Waals surface area contributed by atoms with Crippen molar-refractivity contribution in [2.24, 2.45) is 0 Å². The molecule has 102 valence electrons. The zero-order chi connectivity index (χ0) is 13.8. The Balaban J connectivity index is 2.81. The zero-order valence-corrected chi connectivity index (χ0v) is 11.5. The van der Waals surface area contributed by atoms with E-state index >= 15 is 0 Å².